The van der Waals surface area contributed by atoms with Crippen LogP contribution in [0.15, 0.2) is 24.3 Å². The molecule has 1 radical (unpaired) electrons. The fraction of sp³-hybridized carbons (Fsp3) is 0.111. The van der Waals surface area contributed by atoms with E-state index < -0.39 is 29.0 Å². The standard InChI is InChI=1S/C6H7.3CH2O.4BF4.Fe/c1-2-4-6-5-3-1;3*1-2;4*2-1(3,4)5;/h1-5H,6H2;3*1H2;;;;;/q+1;;;;4*-1;+3. The van der Waals surface area contributed by atoms with Crippen molar-refractivity contribution < 1.29 is 101 Å². The van der Waals surface area contributed by atoms with Crippen molar-refractivity contribution in [2.24, 2.45) is 0 Å². The molecule has 24 heteroatoms. The van der Waals surface area contributed by atoms with Gasteiger partial charge in [-0.25, -0.2) is 0 Å². The minimum absolute atomic E-state index is 0. The third-order valence-electron chi connectivity index (χ3n) is 0.767. The number of hydrogen-bond acceptors (Lipinski definition) is 3. The molecule has 0 bridgehead atoms. The van der Waals surface area contributed by atoms with Crippen molar-refractivity contribution in [1.29, 1.82) is 0 Å². The van der Waals surface area contributed by atoms with Crippen molar-refractivity contribution in [3.05, 3.63) is 30.7 Å². The third kappa shape index (κ3) is 1460. The molecule has 1 aliphatic rings. The number of rotatable bonds is 0. The van der Waals surface area contributed by atoms with Crippen molar-refractivity contribution in [3.8, 4) is 0 Å². The number of halogens is 16. The van der Waals surface area contributed by atoms with Gasteiger partial charge in [0.05, 0.1) is 18.6 Å². The van der Waals surface area contributed by atoms with Crippen LogP contribution in [0.4, 0.5) is 69.1 Å². The predicted molar refractivity (Wildman–Crippen MR) is 89.3 cm³/mol. The number of hydrogen-bond donors (Lipinski definition) is 0. The molecule has 0 spiro atoms. The number of carbonyl (C=O) groups excluding carboxylic acids is 3. The smallest absolute Gasteiger partial charge is 0.418 e. The fourth-order valence-corrected chi connectivity index (χ4v) is 0.457. The summed E-state index contributed by atoms with van der Waals surface area (Å²) in [5.41, 5.74) is 0. The van der Waals surface area contributed by atoms with E-state index in [1.807, 2.05) is 26.4 Å². The Labute approximate surface area is 187 Å². The molecule has 0 aromatic heterocycles. The van der Waals surface area contributed by atoms with E-state index in [-0.39, 0.29) is 17.1 Å². The van der Waals surface area contributed by atoms with E-state index in [0.29, 0.717) is 0 Å². The molecule has 0 atom stereocenters. The molecule has 1 rings (SSSR count). The van der Waals surface area contributed by atoms with Crippen LogP contribution in [0, 0.1) is 6.42 Å². The summed E-state index contributed by atoms with van der Waals surface area (Å²) in [7, 11) is -24.0. The monoisotopic (exact) mass is 573 g/mol. The van der Waals surface area contributed by atoms with Crippen LogP contribution < -0.4 is 0 Å². The van der Waals surface area contributed by atoms with Gasteiger partial charge in [0.25, 0.3) is 0 Å². The van der Waals surface area contributed by atoms with Gasteiger partial charge in [0, 0.05) is 12.5 Å². The van der Waals surface area contributed by atoms with Crippen molar-refractivity contribution in [2.75, 3.05) is 0 Å². The van der Waals surface area contributed by atoms with Gasteiger partial charge in [-0.2, -0.15) is 0 Å². The maximum absolute atomic E-state index is 9.75. The van der Waals surface area contributed by atoms with E-state index in [9.17, 15) is 69.1 Å². The van der Waals surface area contributed by atoms with Crippen LogP contribution in [0.5, 0.6) is 0 Å². The zero-order valence-corrected chi connectivity index (χ0v) is 16.8. The molecular weight excluding hydrogens is 559 g/mol. The molecule has 0 amide bonds. The Balaban J connectivity index is -0.0000000371. The fourth-order valence-electron chi connectivity index (χ4n) is 0.457. The van der Waals surface area contributed by atoms with Gasteiger partial charge in [-0.05, 0) is 6.08 Å². The molecule has 0 heterocycles. The van der Waals surface area contributed by atoms with E-state index in [1.165, 1.54) is 0 Å². The molecule has 0 fully saturated rings. The second-order valence-corrected chi connectivity index (χ2v) is 3.26. The molecule has 1 aliphatic carbocycles. The van der Waals surface area contributed by atoms with Crippen molar-refractivity contribution in [2.45, 2.75) is 6.42 Å². The molecule has 0 aliphatic heterocycles. The van der Waals surface area contributed by atoms with Crippen LogP contribution in [0.3, 0.4) is 0 Å². The van der Waals surface area contributed by atoms with Gasteiger partial charge in [-0.1, -0.05) is 0 Å². The Morgan fingerprint density at radius 2 is 0.667 bits per heavy atom. The minimum atomic E-state index is -6.00. The normalized spacial score (nSPS) is 10.8. The van der Waals surface area contributed by atoms with Gasteiger partial charge in [0.1, 0.15) is 20.4 Å². The largest absolute Gasteiger partial charge is 3.00 e. The van der Waals surface area contributed by atoms with Gasteiger partial charge in [-0.15, -0.1) is 0 Å². The SMILES string of the molecule is C1=C[CH+]CC=C1.C=O.C=O.C=O.F[B-](F)(F)F.F[B-](F)(F)F.F[B-](F)(F)F.F[B-](F)(F)F.[Fe+3]. The molecule has 3 nitrogen and oxygen atoms in total. The van der Waals surface area contributed by atoms with Crippen molar-refractivity contribution in [1.82, 2.24) is 0 Å². The summed E-state index contributed by atoms with van der Waals surface area (Å²) in [5, 5.41) is 0. The molecule has 0 N–H and O–H groups in total. The van der Waals surface area contributed by atoms with Gasteiger partial charge >= 0.3 is 46.1 Å². The average Bonchev–Trinajstić information content (AvgIpc) is 2.56. The number of allylic oxidation sites excluding steroid dienone is 4. The van der Waals surface area contributed by atoms with Crippen LogP contribution in [0.25, 0.3) is 0 Å². The molecular formula is C9H13B4F16FeO3. The first kappa shape index (κ1) is 52.8. The maximum Gasteiger partial charge on any atom is 3.00 e. The van der Waals surface area contributed by atoms with E-state index in [1.54, 1.807) is 0 Å². The zero-order chi connectivity index (χ0) is 28.2. The van der Waals surface area contributed by atoms with Crippen molar-refractivity contribution >= 4 is 49.4 Å². The summed E-state index contributed by atoms with van der Waals surface area (Å²) in [6, 6.07) is 0. The molecule has 0 aromatic carbocycles. The molecule has 0 saturated heterocycles. The third-order valence-corrected chi connectivity index (χ3v) is 0.767. The minimum Gasteiger partial charge on any atom is -0.418 e. The first-order chi connectivity index (χ1) is 14.0. The van der Waals surface area contributed by atoms with Gasteiger partial charge in [-0.3, -0.25) is 0 Å². The van der Waals surface area contributed by atoms with E-state index >= 15 is 0 Å². The van der Waals surface area contributed by atoms with E-state index in [0.717, 1.165) is 6.42 Å². The Kier molecular flexibility index (Phi) is 51.5. The average molecular weight is 572 g/mol. The first-order valence-corrected chi connectivity index (χ1v) is 6.51. The Hall–Kier alpha value is -1.98. The molecule has 0 aromatic rings. The van der Waals surface area contributed by atoms with Crippen LogP contribution in [0.1, 0.15) is 6.42 Å². The van der Waals surface area contributed by atoms with Crippen LogP contribution in [0.2, 0.25) is 0 Å². The topological polar surface area (TPSA) is 51.2 Å². The van der Waals surface area contributed by atoms with E-state index in [4.69, 9.17) is 14.4 Å². The van der Waals surface area contributed by atoms with Crippen LogP contribution in [-0.4, -0.2) is 49.4 Å². The second kappa shape index (κ2) is 32.2. The summed E-state index contributed by atoms with van der Waals surface area (Å²) < 4.78 is 156. The van der Waals surface area contributed by atoms with Crippen molar-refractivity contribution in [3.63, 3.8) is 0 Å². The summed E-state index contributed by atoms with van der Waals surface area (Å²) in [5.74, 6) is 0. The number of carbonyl (C=O) groups is 3. The van der Waals surface area contributed by atoms with Gasteiger partial charge in [0.15, 0.2) is 0 Å². The first-order valence-electron chi connectivity index (χ1n) is 6.51. The predicted octanol–water partition coefficient (Wildman–Crippen LogP) is 6.35. The zero-order valence-electron chi connectivity index (χ0n) is 15.7. The maximum atomic E-state index is 9.75. The Bertz CT molecular complexity index is 339. The summed E-state index contributed by atoms with van der Waals surface area (Å²) in [4.78, 5) is 24.0. The Morgan fingerprint density at radius 1 is 0.485 bits per heavy atom. The molecule has 0 unspecified atom stereocenters. The summed E-state index contributed by atoms with van der Waals surface area (Å²) >= 11 is 0. The van der Waals surface area contributed by atoms with Gasteiger partial charge in [0.2, 0.25) is 0 Å². The van der Waals surface area contributed by atoms with Gasteiger partial charge < -0.3 is 83.4 Å². The molecule has 33 heavy (non-hydrogen) atoms. The Morgan fingerprint density at radius 3 is 0.697 bits per heavy atom. The van der Waals surface area contributed by atoms with E-state index in [2.05, 4.69) is 24.6 Å². The quantitative estimate of drug-likeness (QED) is 0.193. The second-order valence-electron chi connectivity index (χ2n) is 3.26. The van der Waals surface area contributed by atoms with Crippen LogP contribution >= 0.6 is 0 Å². The molecule has 199 valence electrons. The molecule has 0 saturated carbocycles. The summed E-state index contributed by atoms with van der Waals surface area (Å²) in [6.07, 6.45) is 11.5. The summed E-state index contributed by atoms with van der Waals surface area (Å²) in [6.45, 7) is 6.00. The van der Waals surface area contributed by atoms with Crippen LogP contribution in [-0.2, 0) is 31.5 Å².